The van der Waals surface area contributed by atoms with Gasteiger partial charge in [-0.05, 0) is 12.1 Å². The largest absolute Gasteiger partial charge is 0.344 e. The van der Waals surface area contributed by atoms with Crippen LogP contribution in [-0.4, -0.2) is 9.97 Å². The van der Waals surface area contributed by atoms with Crippen molar-refractivity contribution in [3.05, 3.63) is 39.3 Å². The number of nitrogens with one attached hydrogen (secondary N) is 1. The molecule has 0 spiro atoms. The van der Waals surface area contributed by atoms with E-state index in [2.05, 4.69) is 9.97 Å². The minimum absolute atomic E-state index is 0.341. The predicted octanol–water partition coefficient (Wildman–Crippen LogP) is 2.15. The number of nitrogens with zero attached hydrogens (tertiary/aromatic N) is 1. The standard InChI is InChI=1S/C8H5ClN2OS/c9-7-2-1-6(13-7)5-3-10-8(12)11-4-5/h1-4H,(H,10,11,12). The lowest BCUT2D eigenvalue weighted by Gasteiger charge is -1.92. The van der Waals surface area contributed by atoms with E-state index < -0.39 is 0 Å². The van der Waals surface area contributed by atoms with Crippen LogP contribution in [0, 0.1) is 0 Å². The molecule has 0 bridgehead atoms. The Kier molecular flexibility index (Phi) is 2.16. The molecule has 2 heterocycles. The zero-order valence-corrected chi connectivity index (χ0v) is 8.02. The Balaban J connectivity index is 2.47. The van der Waals surface area contributed by atoms with Crippen molar-refractivity contribution < 1.29 is 0 Å². The van der Waals surface area contributed by atoms with Crippen LogP contribution in [0.5, 0.6) is 0 Å². The fourth-order valence-electron chi connectivity index (χ4n) is 0.946. The van der Waals surface area contributed by atoms with Crippen LogP contribution in [0.25, 0.3) is 10.4 Å². The molecule has 1 N–H and O–H groups in total. The molecule has 13 heavy (non-hydrogen) atoms. The molecule has 5 heteroatoms. The van der Waals surface area contributed by atoms with Crippen LogP contribution in [0.3, 0.4) is 0 Å². The molecule has 66 valence electrons. The molecule has 0 aliphatic rings. The zero-order valence-electron chi connectivity index (χ0n) is 6.45. The van der Waals surface area contributed by atoms with Gasteiger partial charge >= 0.3 is 5.69 Å². The first-order chi connectivity index (χ1) is 6.25. The lowest BCUT2D eigenvalue weighted by Crippen LogP contribution is -2.07. The van der Waals surface area contributed by atoms with Gasteiger partial charge in [0.25, 0.3) is 0 Å². The quantitative estimate of drug-likeness (QED) is 0.788. The van der Waals surface area contributed by atoms with Gasteiger partial charge in [-0.1, -0.05) is 11.6 Å². The van der Waals surface area contributed by atoms with Crippen molar-refractivity contribution in [2.45, 2.75) is 0 Å². The second kappa shape index (κ2) is 3.32. The van der Waals surface area contributed by atoms with Crippen molar-refractivity contribution in [3.8, 4) is 10.4 Å². The molecule has 2 rings (SSSR count). The van der Waals surface area contributed by atoms with Crippen molar-refractivity contribution in [2.75, 3.05) is 0 Å². The van der Waals surface area contributed by atoms with Crippen LogP contribution in [0.4, 0.5) is 0 Å². The number of H-pyrrole nitrogens is 1. The van der Waals surface area contributed by atoms with Gasteiger partial charge in [-0.2, -0.15) is 0 Å². The monoisotopic (exact) mass is 212 g/mol. The molecule has 0 aromatic carbocycles. The summed E-state index contributed by atoms with van der Waals surface area (Å²) in [4.78, 5) is 17.8. The van der Waals surface area contributed by atoms with Crippen LogP contribution in [0.2, 0.25) is 4.34 Å². The summed E-state index contributed by atoms with van der Waals surface area (Å²) in [5.74, 6) is 0. The van der Waals surface area contributed by atoms with Gasteiger partial charge in [0, 0.05) is 22.8 Å². The van der Waals surface area contributed by atoms with E-state index in [1.165, 1.54) is 17.5 Å². The molecule has 0 saturated carbocycles. The molecule has 0 radical (unpaired) electrons. The first kappa shape index (κ1) is 8.47. The summed E-state index contributed by atoms with van der Waals surface area (Å²) in [7, 11) is 0. The molecule has 0 atom stereocenters. The van der Waals surface area contributed by atoms with Crippen LogP contribution < -0.4 is 5.69 Å². The summed E-state index contributed by atoms with van der Waals surface area (Å²) in [5.41, 5.74) is 0.530. The molecule has 0 aliphatic heterocycles. The Labute approximate surface area is 83.0 Å². The lowest BCUT2D eigenvalue weighted by atomic mass is 10.3. The van der Waals surface area contributed by atoms with E-state index in [-0.39, 0.29) is 5.69 Å². The Hall–Kier alpha value is -1.13. The summed E-state index contributed by atoms with van der Waals surface area (Å²) >= 11 is 7.22. The maximum Gasteiger partial charge on any atom is 0.344 e. The van der Waals surface area contributed by atoms with Gasteiger partial charge in [0.2, 0.25) is 0 Å². The molecule has 3 nitrogen and oxygen atoms in total. The van der Waals surface area contributed by atoms with Crippen LogP contribution in [0.1, 0.15) is 0 Å². The minimum atomic E-state index is -0.341. The summed E-state index contributed by atoms with van der Waals surface area (Å²) in [6.07, 6.45) is 3.15. The third-order valence-electron chi connectivity index (χ3n) is 1.53. The number of aromatic nitrogens is 2. The van der Waals surface area contributed by atoms with E-state index in [1.807, 2.05) is 12.1 Å². The number of aromatic amines is 1. The summed E-state index contributed by atoms with van der Waals surface area (Å²) in [5, 5.41) is 0. The second-order valence-electron chi connectivity index (χ2n) is 2.41. The van der Waals surface area contributed by atoms with Gasteiger partial charge in [-0.25, -0.2) is 9.78 Å². The summed E-state index contributed by atoms with van der Waals surface area (Å²) in [6, 6.07) is 3.70. The number of thiophene rings is 1. The van der Waals surface area contributed by atoms with E-state index in [1.54, 1.807) is 6.20 Å². The maximum absolute atomic E-state index is 10.7. The number of hydrogen-bond acceptors (Lipinski definition) is 3. The highest BCUT2D eigenvalue weighted by molar-refractivity contribution is 7.19. The third-order valence-corrected chi connectivity index (χ3v) is 2.81. The molecule has 0 fully saturated rings. The summed E-state index contributed by atoms with van der Waals surface area (Å²) < 4.78 is 0.723. The highest BCUT2D eigenvalue weighted by Gasteiger charge is 2.00. The molecule has 0 saturated heterocycles. The highest BCUT2D eigenvalue weighted by Crippen LogP contribution is 2.29. The van der Waals surface area contributed by atoms with E-state index in [4.69, 9.17) is 11.6 Å². The molecule has 2 aromatic rings. The molecular formula is C8H5ClN2OS. The van der Waals surface area contributed by atoms with Crippen LogP contribution in [-0.2, 0) is 0 Å². The highest BCUT2D eigenvalue weighted by atomic mass is 35.5. The number of halogens is 1. The van der Waals surface area contributed by atoms with Gasteiger partial charge in [-0.3, -0.25) is 0 Å². The Bertz CT molecular complexity index is 456. The average molecular weight is 213 g/mol. The van der Waals surface area contributed by atoms with Crippen LogP contribution in [0.15, 0.2) is 29.3 Å². The predicted molar refractivity (Wildman–Crippen MR) is 53.2 cm³/mol. The van der Waals surface area contributed by atoms with Crippen LogP contribution >= 0.6 is 22.9 Å². The second-order valence-corrected chi connectivity index (χ2v) is 4.13. The molecule has 0 aliphatic carbocycles. The van der Waals surface area contributed by atoms with Gasteiger partial charge in [0.15, 0.2) is 0 Å². The SMILES string of the molecule is O=c1ncc(-c2ccc(Cl)s2)c[nH]1. The average Bonchev–Trinajstić information content (AvgIpc) is 2.53. The fourth-order valence-corrected chi connectivity index (χ4v) is 1.97. The Morgan fingerprint density at radius 2 is 2.31 bits per heavy atom. The number of hydrogen-bond donors (Lipinski definition) is 1. The molecule has 0 amide bonds. The number of rotatable bonds is 1. The van der Waals surface area contributed by atoms with Crippen molar-refractivity contribution in [1.29, 1.82) is 0 Å². The van der Waals surface area contributed by atoms with Gasteiger partial charge in [-0.15, -0.1) is 11.3 Å². The first-order valence-electron chi connectivity index (χ1n) is 3.56. The Morgan fingerprint density at radius 3 is 2.85 bits per heavy atom. The van der Waals surface area contributed by atoms with Crippen molar-refractivity contribution in [1.82, 2.24) is 9.97 Å². The van der Waals surface area contributed by atoms with E-state index >= 15 is 0 Å². The molecule has 0 unspecified atom stereocenters. The van der Waals surface area contributed by atoms with Crippen molar-refractivity contribution in [2.24, 2.45) is 0 Å². The third kappa shape index (κ3) is 1.79. The van der Waals surface area contributed by atoms with Gasteiger partial charge in [0.1, 0.15) is 0 Å². The van der Waals surface area contributed by atoms with E-state index in [0.29, 0.717) is 0 Å². The summed E-state index contributed by atoms with van der Waals surface area (Å²) in [6.45, 7) is 0. The van der Waals surface area contributed by atoms with E-state index in [9.17, 15) is 4.79 Å². The minimum Gasteiger partial charge on any atom is -0.312 e. The lowest BCUT2D eigenvalue weighted by molar-refractivity contribution is 1.08. The van der Waals surface area contributed by atoms with Crippen molar-refractivity contribution in [3.63, 3.8) is 0 Å². The smallest absolute Gasteiger partial charge is 0.312 e. The van der Waals surface area contributed by atoms with Gasteiger partial charge < -0.3 is 4.98 Å². The zero-order chi connectivity index (χ0) is 9.26. The maximum atomic E-state index is 10.7. The topological polar surface area (TPSA) is 45.8 Å². The van der Waals surface area contributed by atoms with Crippen molar-refractivity contribution >= 4 is 22.9 Å². The fraction of sp³-hybridized carbons (Fsp3) is 0. The van der Waals surface area contributed by atoms with E-state index in [0.717, 1.165) is 14.8 Å². The van der Waals surface area contributed by atoms with Gasteiger partial charge in [0.05, 0.1) is 4.34 Å². The molecular weight excluding hydrogens is 208 g/mol. The normalized spacial score (nSPS) is 10.2. The first-order valence-corrected chi connectivity index (χ1v) is 4.75. The molecule has 2 aromatic heterocycles. The Morgan fingerprint density at radius 1 is 1.46 bits per heavy atom.